The Morgan fingerprint density at radius 3 is 2.69 bits per heavy atom. The molecule has 70 valence electrons. The Hall–Kier alpha value is -0.106. The number of hydrogen-bond acceptors (Lipinski definition) is 1. The molecule has 0 spiro atoms. The number of hydrogen-bond donors (Lipinski definition) is 0. The minimum atomic E-state index is -0.191. The van der Waals surface area contributed by atoms with Crippen molar-refractivity contribution in [1.29, 1.82) is 0 Å². The van der Waals surface area contributed by atoms with E-state index in [0.29, 0.717) is 0 Å². The van der Waals surface area contributed by atoms with Crippen LogP contribution in [0.4, 0.5) is 0 Å². The first-order chi connectivity index (χ1) is 6.43. The van der Waals surface area contributed by atoms with Crippen LogP contribution in [-0.4, -0.2) is 6.61 Å². The molecule has 1 aromatic carbocycles. The van der Waals surface area contributed by atoms with Crippen molar-refractivity contribution in [2.45, 2.75) is 24.5 Å². The quantitative estimate of drug-likeness (QED) is 0.520. The van der Waals surface area contributed by atoms with Gasteiger partial charge in [0.25, 0.3) is 0 Å². The van der Waals surface area contributed by atoms with Crippen LogP contribution in [0.3, 0.4) is 0 Å². The Bertz CT molecular complexity index is 211. The van der Waals surface area contributed by atoms with Crippen LogP contribution in [0.2, 0.25) is 0 Å². The van der Waals surface area contributed by atoms with Gasteiger partial charge < -0.3 is 0 Å². The van der Waals surface area contributed by atoms with E-state index in [2.05, 4.69) is 37.3 Å². The molecular formula is C11H16OTi. The van der Waals surface area contributed by atoms with Crippen LogP contribution in [0, 0.1) is 0 Å². The van der Waals surface area contributed by atoms with Gasteiger partial charge in [0.05, 0.1) is 0 Å². The van der Waals surface area contributed by atoms with Gasteiger partial charge in [-0.25, -0.2) is 0 Å². The summed E-state index contributed by atoms with van der Waals surface area (Å²) in [7, 11) is 0. The van der Waals surface area contributed by atoms with Crippen LogP contribution in [0.1, 0.15) is 25.3 Å². The molecule has 1 nitrogen and oxygen atoms in total. The molecule has 0 bridgehead atoms. The van der Waals surface area contributed by atoms with Gasteiger partial charge in [0.15, 0.2) is 0 Å². The third-order valence-electron chi connectivity index (χ3n) is 1.82. The third kappa shape index (κ3) is 5.25. The van der Waals surface area contributed by atoms with Gasteiger partial charge in [0.2, 0.25) is 0 Å². The fourth-order valence-corrected chi connectivity index (χ4v) is 2.26. The Kier molecular flexibility index (Phi) is 6.17. The molecule has 0 heterocycles. The first kappa shape index (κ1) is 11.0. The molecule has 0 radical (unpaired) electrons. The van der Waals surface area contributed by atoms with Crippen LogP contribution in [-0.2, 0) is 27.6 Å². The molecule has 1 aromatic rings. The summed E-state index contributed by atoms with van der Waals surface area (Å²) in [5, 5.41) is 0. The van der Waals surface area contributed by atoms with E-state index in [-0.39, 0.29) is 19.5 Å². The molecule has 0 saturated heterocycles. The summed E-state index contributed by atoms with van der Waals surface area (Å²) in [6.07, 6.45) is 2.44. The van der Waals surface area contributed by atoms with Crippen molar-refractivity contribution in [3.05, 3.63) is 35.9 Å². The normalized spacial score (nSPS) is 9.92. The van der Waals surface area contributed by atoms with Crippen LogP contribution in [0.15, 0.2) is 30.3 Å². The zero-order valence-electron chi connectivity index (χ0n) is 8.12. The van der Waals surface area contributed by atoms with E-state index in [1.807, 2.05) is 0 Å². The zero-order chi connectivity index (χ0) is 9.36. The summed E-state index contributed by atoms with van der Waals surface area (Å²) < 4.78 is 6.76. The standard InChI is InChI=1S/C7H7.C4H9O.Ti/c1-7-5-3-2-4-6-7;1-2-3-4-5;/h2-6H,1H2;2-4H2,1H3;/q;-1;+1. The molecule has 0 aliphatic rings. The second-order valence-electron chi connectivity index (χ2n) is 3.01. The van der Waals surface area contributed by atoms with Crippen molar-refractivity contribution in [2.24, 2.45) is 0 Å². The van der Waals surface area contributed by atoms with Gasteiger partial charge in [0.1, 0.15) is 0 Å². The molecule has 0 amide bonds. The summed E-state index contributed by atoms with van der Waals surface area (Å²) in [6, 6.07) is 10.6. The van der Waals surface area contributed by atoms with Crippen LogP contribution in [0.25, 0.3) is 0 Å². The van der Waals surface area contributed by atoms with Gasteiger partial charge in [-0.3, -0.25) is 0 Å². The monoisotopic (exact) mass is 212 g/mol. The van der Waals surface area contributed by atoms with Crippen LogP contribution in [0.5, 0.6) is 0 Å². The average molecular weight is 212 g/mol. The predicted molar refractivity (Wildman–Crippen MR) is 51.0 cm³/mol. The Balaban J connectivity index is 2.07. The van der Waals surface area contributed by atoms with E-state index in [4.69, 9.17) is 3.32 Å². The van der Waals surface area contributed by atoms with E-state index in [1.165, 1.54) is 18.4 Å². The van der Waals surface area contributed by atoms with Crippen molar-refractivity contribution in [1.82, 2.24) is 0 Å². The summed E-state index contributed by atoms with van der Waals surface area (Å²) in [4.78, 5) is 0. The van der Waals surface area contributed by atoms with Crippen molar-refractivity contribution < 1.29 is 22.9 Å². The number of benzene rings is 1. The van der Waals surface area contributed by atoms with Gasteiger partial charge >= 0.3 is 89.9 Å². The van der Waals surface area contributed by atoms with E-state index >= 15 is 0 Å². The molecule has 2 heteroatoms. The molecule has 0 atom stereocenters. The molecular weight excluding hydrogens is 196 g/mol. The fraction of sp³-hybridized carbons (Fsp3) is 0.455. The topological polar surface area (TPSA) is 9.23 Å². The number of unbranched alkanes of at least 4 members (excludes halogenated alkanes) is 1. The molecule has 0 N–H and O–H groups in total. The molecule has 0 saturated carbocycles. The van der Waals surface area contributed by atoms with Gasteiger partial charge in [0, 0.05) is 0 Å². The van der Waals surface area contributed by atoms with Crippen LogP contribution >= 0.6 is 0 Å². The zero-order valence-corrected chi connectivity index (χ0v) is 9.68. The summed E-state index contributed by atoms with van der Waals surface area (Å²) >= 11 is -0.191. The molecule has 13 heavy (non-hydrogen) atoms. The first-order valence-corrected chi connectivity index (χ1v) is 6.56. The van der Waals surface area contributed by atoms with Gasteiger partial charge in [-0.1, -0.05) is 0 Å². The second-order valence-corrected chi connectivity index (χ2v) is 4.46. The summed E-state index contributed by atoms with van der Waals surface area (Å²) in [5.41, 5.74) is 1.42. The van der Waals surface area contributed by atoms with Crippen LogP contribution < -0.4 is 0 Å². The van der Waals surface area contributed by atoms with E-state index in [1.54, 1.807) is 0 Å². The maximum atomic E-state index is 5.60. The number of rotatable bonds is 6. The van der Waals surface area contributed by atoms with Gasteiger partial charge in [-0.05, 0) is 0 Å². The van der Waals surface area contributed by atoms with E-state index < -0.39 is 0 Å². The predicted octanol–water partition coefficient (Wildman–Crippen LogP) is 3.00. The molecule has 0 unspecified atom stereocenters. The van der Waals surface area contributed by atoms with Gasteiger partial charge in [-0.2, -0.15) is 0 Å². The Labute approximate surface area is 89.9 Å². The van der Waals surface area contributed by atoms with Crippen molar-refractivity contribution in [3.63, 3.8) is 0 Å². The van der Waals surface area contributed by atoms with Gasteiger partial charge in [-0.15, -0.1) is 0 Å². The molecule has 0 fully saturated rings. The third-order valence-corrected chi connectivity index (χ3v) is 3.32. The average Bonchev–Trinajstić information content (AvgIpc) is 2.19. The fourth-order valence-electron chi connectivity index (χ4n) is 1.02. The summed E-state index contributed by atoms with van der Waals surface area (Å²) in [5.74, 6) is 0. The Morgan fingerprint density at radius 2 is 2.00 bits per heavy atom. The maximum absolute atomic E-state index is 5.60. The van der Waals surface area contributed by atoms with Crippen molar-refractivity contribution in [2.75, 3.05) is 6.61 Å². The summed E-state index contributed by atoms with van der Waals surface area (Å²) in [6.45, 7) is 3.16. The first-order valence-electron chi connectivity index (χ1n) is 4.82. The molecule has 1 rings (SSSR count). The van der Waals surface area contributed by atoms with E-state index in [0.717, 1.165) is 11.3 Å². The Morgan fingerprint density at radius 1 is 1.23 bits per heavy atom. The SMILES string of the molecule is CCCC[O][Ti][CH2]c1ccccc1. The second kappa shape index (κ2) is 7.31. The molecule has 0 aliphatic heterocycles. The van der Waals surface area contributed by atoms with E-state index in [9.17, 15) is 0 Å². The van der Waals surface area contributed by atoms with Crippen molar-refractivity contribution in [3.8, 4) is 0 Å². The van der Waals surface area contributed by atoms with Crippen molar-refractivity contribution >= 4 is 0 Å². The molecule has 0 aliphatic carbocycles. The minimum absolute atomic E-state index is 0.191. The molecule has 0 aromatic heterocycles.